The lowest BCUT2D eigenvalue weighted by atomic mass is 10.0. The molecule has 1 aliphatic rings. The van der Waals surface area contributed by atoms with Gasteiger partial charge in [-0.1, -0.05) is 42.5 Å². The molecular formula is C15H12O2. The molecular weight excluding hydrogens is 212 g/mol. The van der Waals surface area contributed by atoms with E-state index < -0.39 is 0 Å². The topological polar surface area (TPSA) is 34.1 Å². The number of benzene rings is 1. The third-order valence-electron chi connectivity index (χ3n) is 2.70. The van der Waals surface area contributed by atoms with E-state index >= 15 is 0 Å². The van der Waals surface area contributed by atoms with Crippen molar-refractivity contribution in [2.75, 3.05) is 0 Å². The molecule has 0 amide bonds. The normalized spacial score (nSPS) is 14.6. The number of hydrogen-bond donors (Lipinski definition) is 0. The van der Waals surface area contributed by atoms with Crippen LogP contribution < -0.4 is 0 Å². The van der Waals surface area contributed by atoms with E-state index in [1.807, 2.05) is 42.5 Å². The summed E-state index contributed by atoms with van der Waals surface area (Å²) < 4.78 is 0. The predicted molar refractivity (Wildman–Crippen MR) is 67.7 cm³/mol. The summed E-state index contributed by atoms with van der Waals surface area (Å²) in [5.41, 5.74) is 4.11. The van der Waals surface area contributed by atoms with E-state index in [-0.39, 0.29) is 0 Å². The monoisotopic (exact) mass is 224 g/mol. The van der Waals surface area contributed by atoms with Gasteiger partial charge in [0.1, 0.15) is 12.6 Å². The largest absolute Gasteiger partial charge is 0.299 e. The molecule has 0 spiro atoms. The van der Waals surface area contributed by atoms with Crippen LogP contribution in [0.25, 0.3) is 5.57 Å². The molecule has 2 nitrogen and oxygen atoms in total. The Kier molecular flexibility index (Phi) is 3.46. The van der Waals surface area contributed by atoms with Gasteiger partial charge in [0.25, 0.3) is 0 Å². The second-order valence-corrected chi connectivity index (χ2v) is 3.85. The highest BCUT2D eigenvalue weighted by Crippen LogP contribution is 2.28. The van der Waals surface area contributed by atoms with Gasteiger partial charge in [-0.05, 0) is 29.2 Å². The van der Waals surface area contributed by atoms with Crippen molar-refractivity contribution >= 4 is 18.1 Å². The summed E-state index contributed by atoms with van der Waals surface area (Å²) in [5, 5.41) is 0. The molecule has 0 aliphatic heterocycles. The van der Waals surface area contributed by atoms with Crippen LogP contribution in [0.1, 0.15) is 22.3 Å². The Hall–Kier alpha value is -2.22. The Bertz CT molecular complexity index is 516. The Morgan fingerprint density at radius 3 is 2.41 bits per heavy atom. The van der Waals surface area contributed by atoms with Crippen molar-refractivity contribution in [1.82, 2.24) is 0 Å². The highest BCUT2D eigenvalue weighted by molar-refractivity contribution is 5.78. The molecule has 0 N–H and O–H groups in total. The van der Waals surface area contributed by atoms with Crippen LogP contribution in [0, 0.1) is 0 Å². The van der Waals surface area contributed by atoms with Gasteiger partial charge in [-0.3, -0.25) is 9.59 Å². The molecule has 1 aliphatic carbocycles. The van der Waals surface area contributed by atoms with Gasteiger partial charge in [-0.2, -0.15) is 0 Å². The fraction of sp³-hybridized carbons (Fsp3) is 0.0667. The fourth-order valence-electron chi connectivity index (χ4n) is 1.80. The fourth-order valence-corrected chi connectivity index (χ4v) is 1.80. The quantitative estimate of drug-likeness (QED) is 0.582. The summed E-state index contributed by atoms with van der Waals surface area (Å²) in [5.74, 6) is 0. The van der Waals surface area contributed by atoms with Crippen LogP contribution in [0.3, 0.4) is 0 Å². The van der Waals surface area contributed by atoms with Crippen molar-refractivity contribution in [2.24, 2.45) is 0 Å². The van der Waals surface area contributed by atoms with Crippen molar-refractivity contribution in [1.29, 1.82) is 0 Å². The molecule has 0 heterocycles. The van der Waals surface area contributed by atoms with Gasteiger partial charge >= 0.3 is 0 Å². The Balaban J connectivity index is 2.09. The zero-order valence-corrected chi connectivity index (χ0v) is 9.30. The van der Waals surface area contributed by atoms with Crippen molar-refractivity contribution in [2.45, 2.75) is 6.42 Å². The first-order valence-electron chi connectivity index (χ1n) is 5.40. The van der Waals surface area contributed by atoms with Gasteiger partial charge in [0, 0.05) is 5.56 Å². The summed E-state index contributed by atoms with van der Waals surface area (Å²) in [6, 6.07) is 7.50. The molecule has 0 atom stereocenters. The van der Waals surface area contributed by atoms with E-state index in [1.54, 1.807) is 0 Å². The minimum atomic E-state index is 0.682. The van der Waals surface area contributed by atoms with Crippen LogP contribution in [0.15, 0.2) is 54.1 Å². The van der Waals surface area contributed by atoms with E-state index in [2.05, 4.69) is 0 Å². The van der Waals surface area contributed by atoms with Gasteiger partial charge in [-0.25, -0.2) is 0 Å². The zero-order valence-electron chi connectivity index (χ0n) is 9.30. The van der Waals surface area contributed by atoms with Crippen LogP contribution in [0.4, 0.5) is 0 Å². The summed E-state index contributed by atoms with van der Waals surface area (Å²) in [6.07, 6.45) is 9.80. The summed E-state index contributed by atoms with van der Waals surface area (Å²) in [6.45, 7) is 0. The van der Waals surface area contributed by atoms with Gasteiger partial charge in [0.15, 0.2) is 0 Å². The van der Waals surface area contributed by atoms with Crippen LogP contribution in [0.5, 0.6) is 0 Å². The molecule has 0 bridgehead atoms. The minimum absolute atomic E-state index is 0.682. The lowest BCUT2D eigenvalue weighted by Gasteiger charge is -2.03. The molecule has 84 valence electrons. The molecule has 2 heteroatoms. The zero-order chi connectivity index (χ0) is 12.1. The number of allylic oxidation sites excluding steroid dienone is 6. The van der Waals surface area contributed by atoms with E-state index in [9.17, 15) is 9.59 Å². The molecule has 17 heavy (non-hydrogen) atoms. The SMILES string of the molecule is O=CC=CC1=CC=C(c2ccc(C=O)cc2)C1. The van der Waals surface area contributed by atoms with E-state index in [0.29, 0.717) is 5.56 Å². The molecule has 1 aromatic carbocycles. The maximum absolute atomic E-state index is 10.5. The number of carbonyl (C=O) groups excluding carboxylic acids is 2. The molecule has 0 radical (unpaired) electrons. The minimum Gasteiger partial charge on any atom is -0.299 e. The first kappa shape index (κ1) is 11.3. The van der Waals surface area contributed by atoms with Gasteiger partial charge in [0.05, 0.1) is 0 Å². The van der Waals surface area contributed by atoms with E-state index in [1.165, 1.54) is 11.6 Å². The average Bonchev–Trinajstić information content (AvgIpc) is 2.85. The van der Waals surface area contributed by atoms with Crippen LogP contribution in [0.2, 0.25) is 0 Å². The number of carbonyl (C=O) groups is 2. The molecule has 1 aromatic rings. The first-order chi connectivity index (χ1) is 8.33. The Morgan fingerprint density at radius 2 is 1.76 bits per heavy atom. The predicted octanol–water partition coefficient (Wildman–Crippen LogP) is 2.97. The van der Waals surface area contributed by atoms with Crippen molar-refractivity contribution in [3.63, 3.8) is 0 Å². The average molecular weight is 224 g/mol. The van der Waals surface area contributed by atoms with Crippen LogP contribution in [-0.4, -0.2) is 12.6 Å². The number of aldehydes is 2. The highest BCUT2D eigenvalue weighted by atomic mass is 16.1. The first-order valence-corrected chi connectivity index (χ1v) is 5.40. The Labute approximate surface area is 100.0 Å². The van der Waals surface area contributed by atoms with Crippen molar-refractivity contribution in [3.05, 3.63) is 65.3 Å². The highest BCUT2D eigenvalue weighted by Gasteiger charge is 2.08. The lowest BCUT2D eigenvalue weighted by molar-refractivity contribution is -0.104. The standard InChI is InChI=1S/C15H12O2/c16-9-1-2-12-3-8-15(10-12)14-6-4-13(11-17)5-7-14/h1-9,11H,10H2. The summed E-state index contributed by atoms with van der Waals surface area (Å²) in [4.78, 5) is 20.8. The van der Waals surface area contributed by atoms with Crippen molar-refractivity contribution in [3.8, 4) is 0 Å². The summed E-state index contributed by atoms with van der Waals surface area (Å²) in [7, 11) is 0. The van der Waals surface area contributed by atoms with Gasteiger partial charge in [-0.15, -0.1) is 0 Å². The second kappa shape index (κ2) is 5.21. The Morgan fingerprint density at radius 1 is 1.00 bits per heavy atom. The molecule has 2 rings (SSSR count). The molecule has 0 saturated heterocycles. The maximum Gasteiger partial charge on any atom is 0.150 e. The molecule has 0 fully saturated rings. The summed E-state index contributed by atoms with van der Waals surface area (Å²) >= 11 is 0. The second-order valence-electron chi connectivity index (χ2n) is 3.85. The molecule has 0 unspecified atom stereocenters. The third kappa shape index (κ3) is 2.67. The maximum atomic E-state index is 10.5. The smallest absolute Gasteiger partial charge is 0.150 e. The number of hydrogen-bond acceptors (Lipinski definition) is 2. The lowest BCUT2D eigenvalue weighted by Crippen LogP contribution is -1.85. The van der Waals surface area contributed by atoms with E-state index in [0.717, 1.165) is 30.1 Å². The third-order valence-corrected chi connectivity index (χ3v) is 2.70. The molecule has 0 saturated carbocycles. The van der Waals surface area contributed by atoms with Crippen molar-refractivity contribution < 1.29 is 9.59 Å². The van der Waals surface area contributed by atoms with E-state index in [4.69, 9.17) is 0 Å². The van der Waals surface area contributed by atoms with Crippen LogP contribution >= 0.6 is 0 Å². The van der Waals surface area contributed by atoms with Crippen LogP contribution in [-0.2, 0) is 4.79 Å². The number of rotatable bonds is 4. The molecule has 0 aromatic heterocycles. The van der Waals surface area contributed by atoms with Gasteiger partial charge < -0.3 is 0 Å². The van der Waals surface area contributed by atoms with Gasteiger partial charge in [0.2, 0.25) is 0 Å².